The zero-order valence-corrected chi connectivity index (χ0v) is 10.1. The minimum Gasteiger partial charge on any atom is -0.399 e. The molecule has 96 valence electrons. The fourth-order valence-corrected chi connectivity index (χ4v) is 1.75. The van der Waals surface area contributed by atoms with E-state index >= 15 is 0 Å². The molecule has 4 heteroatoms. The number of halogens is 3. The molecule has 0 unspecified atom stereocenters. The lowest BCUT2D eigenvalue weighted by Gasteiger charge is -2.11. The van der Waals surface area contributed by atoms with Gasteiger partial charge in [0.05, 0.1) is 0 Å². The molecule has 0 spiro atoms. The van der Waals surface area contributed by atoms with Crippen molar-refractivity contribution in [3.05, 3.63) is 29.3 Å². The smallest absolute Gasteiger partial charge is 0.389 e. The predicted octanol–water partition coefficient (Wildman–Crippen LogP) is 3.96. The van der Waals surface area contributed by atoms with Crippen LogP contribution in [0.2, 0.25) is 0 Å². The molecular weight excluding hydrogens is 227 g/mol. The molecule has 0 aliphatic heterocycles. The first-order chi connectivity index (χ1) is 7.78. The van der Waals surface area contributed by atoms with Crippen LogP contribution in [0, 0.1) is 5.92 Å². The highest BCUT2D eigenvalue weighted by Gasteiger charge is 2.26. The molecule has 17 heavy (non-hydrogen) atoms. The summed E-state index contributed by atoms with van der Waals surface area (Å²) in [5.74, 6) is 0.481. The number of rotatable bonds is 4. The van der Waals surface area contributed by atoms with Crippen LogP contribution in [0.25, 0.3) is 0 Å². The molecule has 0 aliphatic rings. The molecule has 1 rings (SSSR count). The molecule has 1 aromatic carbocycles. The van der Waals surface area contributed by atoms with Crippen molar-refractivity contribution in [2.24, 2.45) is 5.92 Å². The van der Waals surface area contributed by atoms with Gasteiger partial charge in [-0.1, -0.05) is 26.0 Å². The van der Waals surface area contributed by atoms with Crippen molar-refractivity contribution >= 4 is 5.69 Å². The molecule has 0 heterocycles. The van der Waals surface area contributed by atoms with E-state index in [2.05, 4.69) is 13.8 Å². The van der Waals surface area contributed by atoms with E-state index in [1.807, 2.05) is 6.07 Å². The summed E-state index contributed by atoms with van der Waals surface area (Å²) in [6.07, 6.45) is -4.12. The Morgan fingerprint density at radius 3 is 2.41 bits per heavy atom. The molecule has 0 amide bonds. The van der Waals surface area contributed by atoms with Gasteiger partial charge >= 0.3 is 6.18 Å². The molecule has 0 atom stereocenters. The number of alkyl halides is 3. The Hall–Kier alpha value is -1.19. The summed E-state index contributed by atoms with van der Waals surface area (Å²) < 4.78 is 36.4. The van der Waals surface area contributed by atoms with Gasteiger partial charge in [0.25, 0.3) is 0 Å². The maximum atomic E-state index is 12.1. The normalized spacial score (nSPS) is 12.1. The fourth-order valence-electron chi connectivity index (χ4n) is 1.75. The maximum absolute atomic E-state index is 12.1. The third kappa shape index (κ3) is 5.11. The monoisotopic (exact) mass is 245 g/mol. The van der Waals surface area contributed by atoms with Crippen molar-refractivity contribution in [1.82, 2.24) is 0 Å². The highest BCUT2D eigenvalue weighted by molar-refractivity contribution is 5.48. The third-order valence-electron chi connectivity index (χ3n) is 2.53. The van der Waals surface area contributed by atoms with Crippen LogP contribution >= 0.6 is 0 Å². The minimum absolute atomic E-state index is 0.0404. The molecule has 0 radical (unpaired) electrons. The molecule has 0 aliphatic carbocycles. The second kappa shape index (κ2) is 5.43. The van der Waals surface area contributed by atoms with Crippen LogP contribution in [-0.4, -0.2) is 6.18 Å². The predicted molar refractivity (Wildman–Crippen MR) is 63.8 cm³/mol. The maximum Gasteiger partial charge on any atom is 0.389 e. The first-order valence-electron chi connectivity index (χ1n) is 5.72. The third-order valence-corrected chi connectivity index (χ3v) is 2.53. The number of aryl methyl sites for hydroxylation is 1. The summed E-state index contributed by atoms with van der Waals surface area (Å²) in [5.41, 5.74) is 7.77. The molecule has 0 bridgehead atoms. The first-order valence-corrected chi connectivity index (χ1v) is 5.72. The lowest BCUT2D eigenvalue weighted by molar-refractivity contribution is -0.133. The fraction of sp³-hybridized carbons (Fsp3) is 0.538. The number of nitrogen functional groups attached to an aromatic ring is 1. The largest absolute Gasteiger partial charge is 0.399 e. The summed E-state index contributed by atoms with van der Waals surface area (Å²) in [5, 5.41) is 0. The second-order valence-electron chi connectivity index (χ2n) is 4.75. The molecule has 0 fully saturated rings. The van der Waals surface area contributed by atoms with E-state index in [1.165, 1.54) is 0 Å². The quantitative estimate of drug-likeness (QED) is 0.798. The van der Waals surface area contributed by atoms with Crippen molar-refractivity contribution < 1.29 is 13.2 Å². The van der Waals surface area contributed by atoms with Gasteiger partial charge in [-0.05, 0) is 36.0 Å². The van der Waals surface area contributed by atoms with Crippen molar-refractivity contribution in [2.75, 3.05) is 5.73 Å². The lowest BCUT2D eigenvalue weighted by Crippen LogP contribution is -2.10. The van der Waals surface area contributed by atoms with Crippen LogP contribution in [0.15, 0.2) is 18.2 Å². The summed E-state index contributed by atoms with van der Waals surface area (Å²) in [4.78, 5) is 0. The van der Waals surface area contributed by atoms with Crippen LogP contribution in [-0.2, 0) is 12.8 Å². The van der Waals surface area contributed by atoms with Gasteiger partial charge in [-0.2, -0.15) is 13.2 Å². The van der Waals surface area contributed by atoms with Crippen molar-refractivity contribution in [1.29, 1.82) is 0 Å². The Morgan fingerprint density at radius 1 is 1.24 bits per heavy atom. The van der Waals surface area contributed by atoms with E-state index in [1.54, 1.807) is 12.1 Å². The topological polar surface area (TPSA) is 26.0 Å². The number of nitrogens with two attached hydrogens (primary N) is 1. The summed E-state index contributed by atoms with van der Waals surface area (Å²) in [6.45, 7) is 4.15. The molecule has 0 aromatic heterocycles. The average molecular weight is 245 g/mol. The molecular formula is C13H18F3N. The van der Waals surface area contributed by atoms with Crippen molar-refractivity contribution in [3.63, 3.8) is 0 Å². The van der Waals surface area contributed by atoms with Crippen LogP contribution in [0.1, 0.15) is 31.4 Å². The molecule has 0 saturated heterocycles. The lowest BCUT2D eigenvalue weighted by atomic mass is 9.98. The number of benzene rings is 1. The Labute approximate surface area is 99.8 Å². The summed E-state index contributed by atoms with van der Waals surface area (Å²) >= 11 is 0. The standard InChI is InChI=1S/C13H18F3N/c1-9(2)7-10-3-4-12(17)11(8-10)5-6-13(14,15)16/h3-4,8-9H,5-7,17H2,1-2H3. The first kappa shape index (κ1) is 13.9. The molecule has 2 N–H and O–H groups in total. The number of hydrogen-bond donors (Lipinski definition) is 1. The van der Waals surface area contributed by atoms with Gasteiger partial charge in [0.15, 0.2) is 0 Å². The number of anilines is 1. The van der Waals surface area contributed by atoms with Gasteiger partial charge in [0.1, 0.15) is 0 Å². The minimum atomic E-state index is -4.12. The van der Waals surface area contributed by atoms with E-state index < -0.39 is 12.6 Å². The summed E-state index contributed by atoms with van der Waals surface area (Å²) in [6, 6.07) is 5.37. The molecule has 0 saturated carbocycles. The van der Waals surface area contributed by atoms with Gasteiger partial charge in [-0.15, -0.1) is 0 Å². The Kier molecular flexibility index (Phi) is 4.43. The highest BCUT2D eigenvalue weighted by Crippen LogP contribution is 2.25. The van der Waals surface area contributed by atoms with Gasteiger partial charge in [-0.25, -0.2) is 0 Å². The molecule has 1 aromatic rings. The van der Waals surface area contributed by atoms with Crippen LogP contribution in [0.5, 0.6) is 0 Å². The molecule has 1 nitrogen and oxygen atoms in total. The van der Waals surface area contributed by atoms with Gasteiger partial charge in [0.2, 0.25) is 0 Å². The second-order valence-corrected chi connectivity index (χ2v) is 4.75. The van der Waals surface area contributed by atoms with E-state index in [4.69, 9.17) is 5.73 Å². The van der Waals surface area contributed by atoms with E-state index in [0.717, 1.165) is 12.0 Å². The Balaban J connectivity index is 2.76. The average Bonchev–Trinajstić information content (AvgIpc) is 2.17. The van der Waals surface area contributed by atoms with Crippen molar-refractivity contribution in [3.8, 4) is 0 Å². The van der Waals surface area contributed by atoms with Gasteiger partial charge in [-0.3, -0.25) is 0 Å². The van der Waals surface area contributed by atoms with Gasteiger partial charge in [0, 0.05) is 12.1 Å². The van der Waals surface area contributed by atoms with E-state index in [-0.39, 0.29) is 6.42 Å². The SMILES string of the molecule is CC(C)Cc1ccc(N)c(CCC(F)(F)F)c1. The van der Waals surface area contributed by atoms with Crippen LogP contribution in [0.3, 0.4) is 0 Å². The number of hydrogen-bond acceptors (Lipinski definition) is 1. The van der Waals surface area contributed by atoms with E-state index in [0.29, 0.717) is 17.2 Å². The van der Waals surface area contributed by atoms with E-state index in [9.17, 15) is 13.2 Å². The zero-order valence-electron chi connectivity index (χ0n) is 10.1. The van der Waals surface area contributed by atoms with Crippen LogP contribution < -0.4 is 5.73 Å². The Morgan fingerprint density at radius 2 is 1.88 bits per heavy atom. The summed E-state index contributed by atoms with van der Waals surface area (Å²) in [7, 11) is 0. The Bertz CT molecular complexity index is 369. The van der Waals surface area contributed by atoms with Crippen molar-refractivity contribution in [2.45, 2.75) is 39.3 Å². The van der Waals surface area contributed by atoms with Gasteiger partial charge < -0.3 is 5.73 Å². The zero-order chi connectivity index (χ0) is 13.1. The van der Waals surface area contributed by atoms with Crippen LogP contribution in [0.4, 0.5) is 18.9 Å². The highest BCUT2D eigenvalue weighted by atomic mass is 19.4.